The van der Waals surface area contributed by atoms with Crippen molar-refractivity contribution >= 4 is 36.3 Å². The zero-order valence-electron chi connectivity index (χ0n) is 21.0. The van der Waals surface area contributed by atoms with Crippen LogP contribution >= 0.6 is 14.7 Å². The van der Waals surface area contributed by atoms with Gasteiger partial charge in [0.05, 0.1) is 0 Å². The normalized spacial score (nSPS) is 12.2. The number of rotatable bonds is 9. The lowest BCUT2D eigenvalue weighted by molar-refractivity contribution is 0.470. The molecule has 0 heterocycles. The van der Waals surface area contributed by atoms with Gasteiger partial charge < -0.3 is 19.3 Å². The van der Waals surface area contributed by atoms with Gasteiger partial charge in [0.15, 0.2) is 0 Å². The zero-order chi connectivity index (χ0) is 26.1. The van der Waals surface area contributed by atoms with E-state index in [2.05, 4.69) is 0 Å². The number of phenols is 2. The first-order valence-corrected chi connectivity index (χ1v) is 16.2. The van der Waals surface area contributed by atoms with E-state index in [1.54, 1.807) is 48.5 Å². The van der Waals surface area contributed by atoms with Crippen LogP contribution in [-0.4, -0.2) is 34.9 Å². The van der Waals surface area contributed by atoms with Crippen molar-refractivity contribution in [1.29, 1.82) is 0 Å². The maximum Gasteiger partial charge on any atom is 0.247 e. The predicted octanol–water partition coefficient (Wildman–Crippen LogP) is 8.46. The van der Waals surface area contributed by atoms with Crippen LogP contribution < -0.4 is 9.05 Å². The van der Waals surface area contributed by atoms with Crippen LogP contribution in [0.5, 0.6) is 23.0 Å². The first-order valence-electron chi connectivity index (χ1n) is 12.2. The Hall–Kier alpha value is -2.94. The average Bonchev–Trinajstić information content (AvgIpc) is 2.89. The molecule has 0 radical (unpaired) electrons. The second kappa shape index (κ2) is 10.2. The van der Waals surface area contributed by atoms with Crippen molar-refractivity contribution in [1.82, 2.24) is 0 Å². The van der Waals surface area contributed by atoms with Gasteiger partial charge in [0.1, 0.15) is 23.0 Å². The molecule has 0 spiro atoms. The van der Waals surface area contributed by atoms with Gasteiger partial charge >= 0.3 is 0 Å². The van der Waals surface area contributed by atoms with Gasteiger partial charge in [0, 0.05) is 35.8 Å². The molecule has 6 nitrogen and oxygen atoms in total. The van der Waals surface area contributed by atoms with Gasteiger partial charge in [-0.25, -0.2) is 0 Å². The van der Waals surface area contributed by atoms with Gasteiger partial charge in [0.25, 0.3) is 0 Å². The number of hydrogen-bond acceptors (Lipinski definition) is 6. The van der Waals surface area contributed by atoms with Crippen LogP contribution in [0, 0.1) is 0 Å². The molecule has 0 saturated carbocycles. The summed E-state index contributed by atoms with van der Waals surface area (Å²) < 4.78 is 37.4. The molecule has 0 aromatic heterocycles. The summed E-state index contributed by atoms with van der Waals surface area (Å²) in [5.41, 5.74) is 0.968. The van der Waals surface area contributed by atoms with E-state index in [1.165, 1.54) is 0 Å². The Morgan fingerprint density at radius 1 is 0.583 bits per heavy atom. The summed E-state index contributed by atoms with van der Waals surface area (Å²) in [5.74, 6) is 1.06. The average molecular weight is 527 g/mol. The minimum Gasteiger partial charge on any atom is -0.507 e. The van der Waals surface area contributed by atoms with E-state index < -0.39 is 14.7 Å². The Morgan fingerprint density at radius 2 is 0.944 bits per heavy atom. The summed E-state index contributed by atoms with van der Waals surface area (Å²) in [6, 6.07) is 17.4. The third-order valence-electron chi connectivity index (χ3n) is 6.66. The Kier molecular flexibility index (Phi) is 7.41. The van der Waals surface area contributed by atoms with Crippen molar-refractivity contribution in [3.63, 3.8) is 0 Å². The monoisotopic (exact) mass is 526 g/mol. The molecule has 0 aliphatic rings. The minimum atomic E-state index is -2.75. The van der Waals surface area contributed by atoms with Crippen molar-refractivity contribution in [2.24, 2.45) is 0 Å². The summed E-state index contributed by atoms with van der Waals surface area (Å²) in [7, 11) is -5.49. The van der Waals surface area contributed by atoms with E-state index in [4.69, 9.17) is 9.05 Å². The van der Waals surface area contributed by atoms with E-state index in [1.807, 2.05) is 39.8 Å². The minimum absolute atomic E-state index is 0.0218. The largest absolute Gasteiger partial charge is 0.507 e. The quantitative estimate of drug-likeness (QED) is 0.213. The predicted molar refractivity (Wildman–Crippen MR) is 149 cm³/mol. The lowest BCUT2D eigenvalue weighted by atomic mass is 9.92. The molecule has 4 rings (SSSR count). The Labute approximate surface area is 211 Å². The van der Waals surface area contributed by atoms with Crippen LogP contribution in [0.2, 0.25) is 0 Å². The standard InChI is InChI=1S/C28H32O6P2/c1-5-35(31,6-2)33-21-11-13-23-19(17-21)9-15-25(29)27(23)28-24-14-12-22(34-36(32,7-3)8-4)18-20(24)10-16-26(28)30/h9-18,29-30H,5-8H2,1-4H3. The smallest absolute Gasteiger partial charge is 0.247 e. The van der Waals surface area contributed by atoms with E-state index in [0.29, 0.717) is 47.3 Å². The molecule has 0 atom stereocenters. The number of fused-ring (bicyclic) bond motifs is 2. The van der Waals surface area contributed by atoms with Crippen molar-refractivity contribution in [2.45, 2.75) is 27.7 Å². The van der Waals surface area contributed by atoms with Gasteiger partial charge in [-0.3, -0.25) is 9.13 Å². The van der Waals surface area contributed by atoms with Crippen LogP contribution in [-0.2, 0) is 9.13 Å². The molecule has 2 N–H and O–H groups in total. The van der Waals surface area contributed by atoms with Crippen molar-refractivity contribution in [3.05, 3.63) is 60.7 Å². The fourth-order valence-corrected chi connectivity index (χ4v) is 6.73. The summed E-state index contributed by atoms with van der Waals surface area (Å²) in [6.07, 6.45) is 1.79. The SMILES string of the molecule is CCP(=O)(CC)Oc1ccc2c(-c3c(O)ccc4cc(OP(=O)(CC)CC)ccc34)c(O)ccc2c1. The van der Waals surface area contributed by atoms with Gasteiger partial charge in [-0.1, -0.05) is 39.8 Å². The topological polar surface area (TPSA) is 93.1 Å². The molecule has 4 aromatic carbocycles. The van der Waals surface area contributed by atoms with Crippen LogP contribution in [0.15, 0.2) is 60.7 Å². The molecule has 0 unspecified atom stereocenters. The second-order valence-corrected chi connectivity index (χ2v) is 14.9. The molecule has 0 aliphatic heterocycles. The highest BCUT2D eigenvalue weighted by Gasteiger charge is 2.22. The van der Waals surface area contributed by atoms with Crippen LogP contribution in [0.3, 0.4) is 0 Å². The maximum atomic E-state index is 12.8. The van der Waals surface area contributed by atoms with E-state index >= 15 is 0 Å². The molecule has 0 fully saturated rings. The second-order valence-electron chi connectivity index (χ2n) is 8.76. The highest BCUT2D eigenvalue weighted by atomic mass is 31.2. The Bertz CT molecular complexity index is 1400. The summed E-state index contributed by atoms with van der Waals surface area (Å²) in [6.45, 7) is 7.41. The fourth-order valence-electron chi connectivity index (χ4n) is 4.32. The molecule has 0 bridgehead atoms. The molecule has 0 amide bonds. The number of benzene rings is 4. The maximum absolute atomic E-state index is 12.8. The van der Waals surface area contributed by atoms with Crippen molar-refractivity contribution in [2.75, 3.05) is 24.6 Å². The highest BCUT2D eigenvalue weighted by molar-refractivity contribution is 7.59. The molecule has 190 valence electrons. The summed E-state index contributed by atoms with van der Waals surface area (Å²) >= 11 is 0. The Morgan fingerprint density at radius 3 is 1.28 bits per heavy atom. The van der Waals surface area contributed by atoms with Gasteiger partial charge in [-0.15, -0.1) is 0 Å². The van der Waals surface area contributed by atoms with E-state index in [9.17, 15) is 19.3 Å². The van der Waals surface area contributed by atoms with Gasteiger partial charge in [-0.05, 0) is 70.1 Å². The molecule has 0 saturated heterocycles. The number of aromatic hydroxyl groups is 2. The highest BCUT2D eigenvalue weighted by Crippen LogP contribution is 2.50. The number of phenolic OH excluding ortho intramolecular Hbond substituents is 2. The molecule has 8 heteroatoms. The third kappa shape index (κ3) is 4.98. The summed E-state index contributed by atoms with van der Waals surface area (Å²) in [5, 5.41) is 24.8. The molecule has 0 aliphatic carbocycles. The van der Waals surface area contributed by atoms with Crippen LogP contribution in [0.1, 0.15) is 27.7 Å². The summed E-state index contributed by atoms with van der Waals surface area (Å²) in [4.78, 5) is 0. The lowest BCUT2D eigenvalue weighted by Crippen LogP contribution is -1.98. The van der Waals surface area contributed by atoms with E-state index in [0.717, 1.165) is 21.5 Å². The Balaban J connectivity index is 1.86. The molecule has 36 heavy (non-hydrogen) atoms. The molecular formula is C28H32O6P2. The van der Waals surface area contributed by atoms with Crippen LogP contribution in [0.4, 0.5) is 0 Å². The zero-order valence-corrected chi connectivity index (χ0v) is 22.8. The first kappa shape index (κ1) is 26.1. The first-order chi connectivity index (χ1) is 17.2. The lowest BCUT2D eigenvalue weighted by Gasteiger charge is -2.19. The molecule has 4 aromatic rings. The van der Waals surface area contributed by atoms with Crippen molar-refractivity contribution in [3.8, 4) is 34.1 Å². The molecular weight excluding hydrogens is 494 g/mol. The van der Waals surface area contributed by atoms with Crippen molar-refractivity contribution < 1.29 is 28.4 Å². The number of hydrogen-bond donors (Lipinski definition) is 2. The third-order valence-corrected chi connectivity index (χ3v) is 11.6. The van der Waals surface area contributed by atoms with Gasteiger partial charge in [-0.2, -0.15) is 0 Å². The van der Waals surface area contributed by atoms with Gasteiger partial charge in [0.2, 0.25) is 14.7 Å². The van der Waals surface area contributed by atoms with E-state index in [-0.39, 0.29) is 11.5 Å². The van der Waals surface area contributed by atoms with Crippen LogP contribution in [0.25, 0.3) is 32.7 Å². The fraction of sp³-hybridized carbons (Fsp3) is 0.286.